The summed E-state index contributed by atoms with van der Waals surface area (Å²) in [6, 6.07) is 13.7. The largest absolute Gasteiger partial charge is 0.496 e. The van der Waals surface area contributed by atoms with Crippen LogP contribution in [-0.4, -0.2) is 84.6 Å². The normalized spacial score (nSPS) is 23.8. The summed E-state index contributed by atoms with van der Waals surface area (Å²) in [6.07, 6.45) is 5.66. The Kier molecular flexibility index (Phi) is 10.5. The van der Waals surface area contributed by atoms with Crippen LogP contribution in [-0.2, 0) is 4.79 Å². The summed E-state index contributed by atoms with van der Waals surface area (Å²) in [4.78, 5) is 32.2. The van der Waals surface area contributed by atoms with Crippen molar-refractivity contribution in [3.8, 4) is 28.4 Å². The van der Waals surface area contributed by atoms with E-state index >= 15 is 0 Å². The van der Waals surface area contributed by atoms with Gasteiger partial charge in [-0.1, -0.05) is 33.8 Å². The summed E-state index contributed by atoms with van der Waals surface area (Å²) >= 11 is 0. The quantitative estimate of drug-likeness (QED) is 0.179. The predicted molar refractivity (Wildman–Crippen MR) is 197 cm³/mol. The number of ether oxygens (including phenoxy) is 2. The molecule has 4 bridgehead atoms. The molecule has 7 rings (SSSR count). The van der Waals surface area contributed by atoms with Gasteiger partial charge in [0.2, 0.25) is 0 Å². The highest BCUT2D eigenvalue weighted by Gasteiger charge is 2.62. The van der Waals surface area contributed by atoms with Crippen LogP contribution in [0.2, 0.25) is 0 Å². The summed E-state index contributed by atoms with van der Waals surface area (Å²) in [5.41, 5.74) is 3.20. The van der Waals surface area contributed by atoms with Crippen molar-refractivity contribution >= 4 is 17.6 Å². The van der Waals surface area contributed by atoms with E-state index in [4.69, 9.17) is 14.6 Å². The van der Waals surface area contributed by atoms with E-state index in [-0.39, 0.29) is 23.4 Å². The molecule has 4 fully saturated rings. The Hall–Kier alpha value is -4.05. The van der Waals surface area contributed by atoms with E-state index in [1.54, 1.807) is 25.0 Å². The molecule has 0 radical (unpaired) electrons. The number of aromatic nitrogens is 2. The van der Waals surface area contributed by atoms with Crippen LogP contribution in [0.3, 0.4) is 0 Å². The molecule has 4 aliphatic carbocycles. The van der Waals surface area contributed by atoms with Gasteiger partial charge in [0, 0.05) is 19.3 Å². The molecular formula is C40H55N5O5. The Labute approximate surface area is 297 Å². The molecule has 270 valence electrons. The van der Waals surface area contributed by atoms with Crippen molar-refractivity contribution in [3.05, 3.63) is 53.7 Å². The van der Waals surface area contributed by atoms with Gasteiger partial charge in [-0.3, -0.25) is 4.79 Å². The molecule has 0 aliphatic heterocycles. The topological polar surface area (TPSA) is 109 Å². The zero-order valence-corrected chi connectivity index (χ0v) is 30.9. The van der Waals surface area contributed by atoms with Gasteiger partial charge in [0.25, 0.3) is 5.91 Å². The molecule has 2 aromatic carbocycles. The molecule has 50 heavy (non-hydrogen) atoms. The standard InChI is InChI=1S/C40H55N5O5/c1-8-44(9-2)17-11-16-43(5)30-14-15-33(31(23-30)25(3)4)45-34(37-35(49-6)12-10-13-36(37)50-7)24-32(42-45)38(46)41-40(39(47)48)28-19-26-18-27(21-28)22-29(40)20-26/h10,12-15,23-29H,8-9,11,16-22H2,1-7H3,(H,41,46)(H,47,48). The van der Waals surface area contributed by atoms with E-state index in [1.807, 2.05) is 18.2 Å². The lowest BCUT2D eigenvalue weighted by Gasteiger charge is -2.59. The maximum Gasteiger partial charge on any atom is 0.330 e. The average molecular weight is 686 g/mol. The molecule has 0 unspecified atom stereocenters. The Balaban J connectivity index is 1.41. The smallest absolute Gasteiger partial charge is 0.330 e. The highest BCUT2D eigenvalue weighted by Crippen LogP contribution is 2.58. The molecule has 10 heteroatoms. The third-order valence-electron chi connectivity index (χ3n) is 11.9. The average Bonchev–Trinajstić information content (AvgIpc) is 3.55. The first-order valence-corrected chi connectivity index (χ1v) is 18.5. The summed E-state index contributed by atoms with van der Waals surface area (Å²) in [5.74, 6) is 0.891. The molecule has 1 heterocycles. The summed E-state index contributed by atoms with van der Waals surface area (Å²) in [7, 11) is 5.35. The van der Waals surface area contributed by atoms with Crippen molar-refractivity contribution in [1.29, 1.82) is 0 Å². The van der Waals surface area contributed by atoms with Gasteiger partial charge in [0.05, 0.1) is 31.2 Å². The fourth-order valence-corrected chi connectivity index (χ4v) is 9.38. The van der Waals surface area contributed by atoms with E-state index in [2.05, 4.69) is 68.1 Å². The minimum atomic E-state index is -1.28. The van der Waals surface area contributed by atoms with Crippen LogP contribution in [0, 0.1) is 23.7 Å². The van der Waals surface area contributed by atoms with E-state index in [0.717, 1.165) is 75.2 Å². The number of nitrogens with one attached hydrogen (secondary N) is 1. The molecule has 3 aromatic rings. The van der Waals surface area contributed by atoms with Crippen LogP contribution in [0.25, 0.3) is 16.9 Å². The number of carboxylic acids is 1. The molecule has 0 saturated heterocycles. The van der Waals surface area contributed by atoms with Gasteiger partial charge < -0.3 is 29.7 Å². The molecule has 4 saturated carbocycles. The number of nitrogens with zero attached hydrogens (tertiary/aromatic N) is 4. The summed E-state index contributed by atoms with van der Waals surface area (Å²) in [5, 5.41) is 18.8. The van der Waals surface area contributed by atoms with E-state index in [9.17, 15) is 14.7 Å². The molecule has 2 N–H and O–H groups in total. The number of anilines is 1. The molecule has 0 atom stereocenters. The number of rotatable bonds is 15. The van der Waals surface area contributed by atoms with Crippen LogP contribution >= 0.6 is 0 Å². The monoisotopic (exact) mass is 685 g/mol. The Bertz CT molecular complexity index is 1640. The molecule has 4 aliphatic rings. The minimum absolute atomic E-state index is 0.0693. The third kappa shape index (κ3) is 6.47. The SMILES string of the molecule is CCN(CC)CCCN(C)c1ccc(-n2nc(C(=O)NC3(C(=O)O)C4CC5CC(C4)CC3C5)cc2-c2c(OC)cccc2OC)c(C(C)C)c1. The first-order chi connectivity index (χ1) is 24.0. The first kappa shape index (κ1) is 35.8. The van der Waals surface area contributed by atoms with Gasteiger partial charge in [0.1, 0.15) is 17.0 Å². The molecular weight excluding hydrogens is 630 g/mol. The minimum Gasteiger partial charge on any atom is -0.496 e. The number of amides is 1. The van der Waals surface area contributed by atoms with Crippen LogP contribution in [0.1, 0.15) is 88.2 Å². The first-order valence-electron chi connectivity index (χ1n) is 18.5. The van der Waals surface area contributed by atoms with Crippen LogP contribution in [0.5, 0.6) is 11.5 Å². The van der Waals surface area contributed by atoms with Crippen molar-refractivity contribution in [1.82, 2.24) is 20.0 Å². The zero-order valence-electron chi connectivity index (χ0n) is 30.9. The Morgan fingerprint density at radius 2 is 1.58 bits per heavy atom. The van der Waals surface area contributed by atoms with Gasteiger partial charge in [0.15, 0.2) is 5.69 Å². The van der Waals surface area contributed by atoms with Gasteiger partial charge in [-0.25, -0.2) is 9.48 Å². The van der Waals surface area contributed by atoms with E-state index in [0.29, 0.717) is 34.6 Å². The second-order valence-corrected chi connectivity index (χ2v) is 15.0. The van der Waals surface area contributed by atoms with Crippen LogP contribution in [0.15, 0.2) is 42.5 Å². The Morgan fingerprint density at radius 1 is 0.960 bits per heavy atom. The third-order valence-corrected chi connectivity index (χ3v) is 11.9. The van der Waals surface area contributed by atoms with Crippen molar-refractivity contribution < 1.29 is 24.2 Å². The summed E-state index contributed by atoms with van der Waals surface area (Å²) < 4.78 is 13.5. The van der Waals surface area contributed by atoms with Gasteiger partial charge >= 0.3 is 5.97 Å². The number of methoxy groups -OCH3 is 2. The number of hydrogen-bond donors (Lipinski definition) is 2. The van der Waals surface area contributed by atoms with Crippen molar-refractivity contribution in [2.45, 2.75) is 77.7 Å². The second-order valence-electron chi connectivity index (χ2n) is 15.0. The lowest BCUT2D eigenvalue weighted by atomic mass is 9.48. The summed E-state index contributed by atoms with van der Waals surface area (Å²) in [6.45, 7) is 12.8. The maximum atomic E-state index is 14.3. The fraction of sp³-hybridized carbons (Fsp3) is 0.575. The second kappa shape index (κ2) is 14.7. The predicted octanol–water partition coefficient (Wildman–Crippen LogP) is 6.86. The number of carbonyl (C=O) groups excluding carboxylic acids is 1. The van der Waals surface area contributed by atoms with Gasteiger partial charge in [-0.05, 0) is 130 Å². The van der Waals surface area contributed by atoms with E-state index in [1.165, 1.54) is 6.42 Å². The van der Waals surface area contributed by atoms with Gasteiger partial charge in [-0.2, -0.15) is 5.10 Å². The highest BCUT2D eigenvalue weighted by molar-refractivity contribution is 5.98. The molecule has 1 amide bonds. The molecule has 1 aromatic heterocycles. The Morgan fingerprint density at radius 3 is 2.12 bits per heavy atom. The van der Waals surface area contributed by atoms with Crippen molar-refractivity contribution in [3.63, 3.8) is 0 Å². The number of benzene rings is 2. The zero-order chi connectivity index (χ0) is 35.7. The highest BCUT2D eigenvalue weighted by atomic mass is 16.5. The maximum absolute atomic E-state index is 14.3. The van der Waals surface area contributed by atoms with Crippen LogP contribution in [0.4, 0.5) is 5.69 Å². The van der Waals surface area contributed by atoms with Crippen molar-refractivity contribution in [2.24, 2.45) is 23.7 Å². The lowest BCUT2D eigenvalue weighted by molar-refractivity contribution is -0.163. The number of aliphatic carboxylic acids is 1. The fourth-order valence-electron chi connectivity index (χ4n) is 9.38. The van der Waals surface area contributed by atoms with Gasteiger partial charge in [-0.15, -0.1) is 0 Å². The van der Waals surface area contributed by atoms with Crippen LogP contribution < -0.4 is 19.7 Å². The molecule has 10 nitrogen and oxygen atoms in total. The van der Waals surface area contributed by atoms with Crippen molar-refractivity contribution in [2.75, 3.05) is 52.3 Å². The molecule has 0 spiro atoms. The number of hydrogen-bond acceptors (Lipinski definition) is 7. The van der Waals surface area contributed by atoms with E-state index < -0.39 is 17.4 Å². The lowest BCUT2D eigenvalue weighted by Crippen LogP contribution is -2.70. The number of carbonyl (C=O) groups is 2. The number of carboxylic acid groups (broad SMARTS) is 1.